The van der Waals surface area contributed by atoms with Crippen LogP contribution in [0.3, 0.4) is 0 Å². The summed E-state index contributed by atoms with van der Waals surface area (Å²) in [6.07, 6.45) is 1.37. The van der Waals surface area contributed by atoms with E-state index < -0.39 is 0 Å². The minimum Gasteiger partial charge on any atom is -0.493 e. The molecule has 2 aromatic carbocycles. The molecule has 0 aromatic heterocycles. The van der Waals surface area contributed by atoms with Crippen LogP contribution in [0.1, 0.15) is 20.7 Å². The molecule has 0 aliphatic heterocycles. The molecule has 0 N–H and O–H groups in total. The second kappa shape index (κ2) is 7.74. The monoisotopic (exact) mass is 348 g/mol. The lowest BCUT2D eigenvalue weighted by atomic mass is 9.98. The van der Waals surface area contributed by atoms with Gasteiger partial charge in [-0.25, -0.2) is 0 Å². The van der Waals surface area contributed by atoms with Crippen LogP contribution in [0, 0.1) is 0 Å². The Labute approximate surface area is 144 Å². The zero-order chi connectivity index (χ0) is 17.7. The number of hydrogen-bond donors (Lipinski definition) is 1. The van der Waals surface area contributed by atoms with E-state index in [1.54, 1.807) is 18.2 Å². The smallest absolute Gasteiger partial charge is 0.186 e. The van der Waals surface area contributed by atoms with Crippen LogP contribution in [0.4, 0.5) is 0 Å². The first-order valence-corrected chi connectivity index (χ1v) is 7.20. The summed E-state index contributed by atoms with van der Waals surface area (Å²) in [7, 11) is 4.39. The van der Waals surface area contributed by atoms with Crippen molar-refractivity contribution in [1.29, 1.82) is 0 Å². The molecule has 2 rings (SSSR count). The molecule has 0 aliphatic carbocycles. The van der Waals surface area contributed by atoms with Crippen LogP contribution in [-0.2, 0) is 0 Å². The summed E-state index contributed by atoms with van der Waals surface area (Å²) in [5.74, 6) is 1.37. The fourth-order valence-corrected chi connectivity index (χ4v) is 2.58. The third-order valence-corrected chi connectivity index (χ3v) is 3.63. The summed E-state index contributed by atoms with van der Waals surface area (Å²) in [6, 6.07) is 6.27. The maximum absolute atomic E-state index is 11.2. The SMILES string of the molecule is COc1cc(C=O)cc(-c2cc(C=O)cc(OC)c2OS)c1OC. The number of rotatable bonds is 7. The van der Waals surface area contributed by atoms with Crippen molar-refractivity contribution < 1.29 is 28.0 Å². The van der Waals surface area contributed by atoms with Crippen molar-refractivity contribution in [1.82, 2.24) is 0 Å². The van der Waals surface area contributed by atoms with Crippen LogP contribution in [0.2, 0.25) is 0 Å². The molecule has 0 heterocycles. The highest BCUT2D eigenvalue weighted by Crippen LogP contribution is 2.46. The molecule has 7 heteroatoms. The lowest BCUT2D eigenvalue weighted by Crippen LogP contribution is -1.98. The van der Waals surface area contributed by atoms with Crippen LogP contribution < -0.4 is 18.4 Å². The van der Waals surface area contributed by atoms with Crippen LogP contribution in [0.25, 0.3) is 11.1 Å². The van der Waals surface area contributed by atoms with Gasteiger partial charge in [0.25, 0.3) is 0 Å². The Balaban J connectivity index is 2.88. The van der Waals surface area contributed by atoms with E-state index in [-0.39, 0.29) is 5.75 Å². The molecule has 126 valence electrons. The molecule has 24 heavy (non-hydrogen) atoms. The molecule has 0 saturated heterocycles. The highest BCUT2D eigenvalue weighted by molar-refractivity contribution is 7.75. The Bertz CT molecular complexity index is 707. The van der Waals surface area contributed by atoms with E-state index in [1.165, 1.54) is 27.4 Å². The van der Waals surface area contributed by atoms with E-state index in [9.17, 15) is 9.59 Å². The minimum absolute atomic E-state index is 0.287. The van der Waals surface area contributed by atoms with Crippen molar-refractivity contribution in [3.63, 3.8) is 0 Å². The van der Waals surface area contributed by atoms with Crippen LogP contribution in [0.15, 0.2) is 24.3 Å². The summed E-state index contributed by atoms with van der Waals surface area (Å²) in [5.41, 5.74) is 1.73. The third-order valence-electron chi connectivity index (χ3n) is 3.45. The predicted octanol–water partition coefficient (Wildman–Crippen LogP) is 3.23. The Kier molecular flexibility index (Phi) is 5.70. The first kappa shape index (κ1) is 17.7. The molecule has 2 aromatic rings. The Morgan fingerprint density at radius 2 is 1.21 bits per heavy atom. The standard InChI is InChI=1S/C17H16O6S/c1-20-14-6-10(8-18)4-12(16(14)22-3)13-5-11(9-19)7-15(21-2)17(13)23-24/h4-9,24H,1-3H3. The quantitative estimate of drug-likeness (QED) is 0.471. The summed E-state index contributed by atoms with van der Waals surface area (Å²) in [5, 5.41) is 0. The Hall–Kier alpha value is -2.67. The van der Waals surface area contributed by atoms with Gasteiger partial charge in [0.15, 0.2) is 23.0 Å². The van der Waals surface area contributed by atoms with Gasteiger partial charge >= 0.3 is 0 Å². The van der Waals surface area contributed by atoms with Crippen LogP contribution in [0.5, 0.6) is 23.0 Å². The zero-order valence-electron chi connectivity index (χ0n) is 13.4. The summed E-state index contributed by atoms with van der Waals surface area (Å²) < 4.78 is 21.1. The first-order valence-electron chi connectivity index (χ1n) is 6.83. The lowest BCUT2D eigenvalue weighted by molar-refractivity contribution is 0.111. The van der Waals surface area contributed by atoms with Gasteiger partial charge in [0.1, 0.15) is 12.6 Å². The van der Waals surface area contributed by atoms with Crippen molar-refractivity contribution in [2.24, 2.45) is 0 Å². The van der Waals surface area contributed by atoms with Crippen molar-refractivity contribution in [2.75, 3.05) is 21.3 Å². The van der Waals surface area contributed by atoms with Gasteiger partial charge in [-0.05, 0) is 24.3 Å². The Morgan fingerprint density at radius 1 is 0.750 bits per heavy atom. The van der Waals surface area contributed by atoms with Crippen molar-refractivity contribution in [3.05, 3.63) is 35.4 Å². The molecule has 6 nitrogen and oxygen atoms in total. The molecule has 0 aliphatic rings. The number of carbonyl (C=O) groups is 2. The minimum atomic E-state index is 0.287. The molecule has 0 spiro atoms. The van der Waals surface area contributed by atoms with Gasteiger partial charge in [-0.2, -0.15) is 0 Å². The molecular weight excluding hydrogens is 332 g/mol. The van der Waals surface area contributed by atoms with Gasteiger partial charge in [0.2, 0.25) is 0 Å². The summed E-state index contributed by atoms with van der Waals surface area (Å²) in [6.45, 7) is 0. The average Bonchev–Trinajstić information content (AvgIpc) is 2.65. The number of aldehydes is 2. The largest absolute Gasteiger partial charge is 0.493 e. The molecule has 0 atom stereocenters. The van der Waals surface area contributed by atoms with Crippen molar-refractivity contribution in [3.8, 4) is 34.1 Å². The molecule has 0 amide bonds. The molecule has 0 bridgehead atoms. The van der Waals surface area contributed by atoms with E-state index in [0.29, 0.717) is 52.1 Å². The van der Waals surface area contributed by atoms with Gasteiger partial charge in [-0.1, -0.05) is 0 Å². The normalized spacial score (nSPS) is 10.0. The number of thiol groups is 1. The fraction of sp³-hybridized carbons (Fsp3) is 0.176. The number of methoxy groups -OCH3 is 3. The predicted molar refractivity (Wildman–Crippen MR) is 91.9 cm³/mol. The van der Waals surface area contributed by atoms with Gasteiger partial charge in [-0.3, -0.25) is 9.59 Å². The third kappa shape index (κ3) is 3.16. The Morgan fingerprint density at radius 3 is 1.58 bits per heavy atom. The van der Waals surface area contributed by atoms with E-state index >= 15 is 0 Å². The van der Waals surface area contributed by atoms with Crippen molar-refractivity contribution in [2.45, 2.75) is 0 Å². The lowest BCUT2D eigenvalue weighted by Gasteiger charge is -2.17. The maximum atomic E-state index is 11.2. The molecule has 0 radical (unpaired) electrons. The number of carbonyl (C=O) groups excluding carboxylic acids is 2. The molecule has 0 fully saturated rings. The average molecular weight is 348 g/mol. The highest BCUT2D eigenvalue weighted by atomic mass is 32.1. The van der Waals surface area contributed by atoms with E-state index in [2.05, 4.69) is 12.9 Å². The van der Waals surface area contributed by atoms with E-state index in [4.69, 9.17) is 18.4 Å². The van der Waals surface area contributed by atoms with Gasteiger partial charge < -0.3 is 18.4 Å². The molecule has 0 saturated carbocycles. The summed E-state index contributed by atoms with van der Waals surface area (Å²) >= 11 is 3.87. The second-order valence-electron chi connectivity index (χ2n) is 4.73. The number of benzene rings is 2. The van der Waals surface area contributed by atoms with Gasteiger partial charge in [-0.15, -0.1) is 0 Å². The van der Waals surface area contributed by atoms with Gasteiger partial charge in [0, 0.05) is 35.2 Å². The first-order chi connectivity index (χ1) is 11.6. The van der Waals surface area contributed by atoms with E-state index in [1.807, 2.05) is 0 Å². The van der Waals surface area contributed by atoms with Crippen LogP contribution >= 0.6 is 12.9 Å². The van der Waals surface area contributed by atoms with Gasteiger partial charge in [0.05, 0.1) is 21.3 Å². The van der Waals surface area contributed by atoms with Crippen molar-refractivity contribution >= 4 is 25.5 Å². The van der Waals surface area contributed by atoms with E-state index in [0.717, 1.165) is 0 Å². The zero-order valence-corrected chi connectivity index (χ0v) is 14.3. The molecule has 0 unspecified atom stereocenters. The molecular formula is C17H16O6S. The maximum Gasteiger partial charge on any atom is 0.186 e. The topological polar surface area (TPSA) is 71.1 Å². The highest BCUT2D eigenvalue weighted by Gasteiger charge is 2.21. The number of hydrogen-bond acceptors (Lipinski definition) is 7. The second-order valence-corrected chi connectivity index (χ2v) is 4.91. The number of ether oxygens (including phenoxy) is 3. The summed E-state index contributed by atoms with van der Waals surface area (Å²) in [4.78, 5) is 22.5. The fourth-order valence-electron chi connectivity index (χ4n) is 2.39. The van der Waals surface area contributed by atoms with Crippen LogP contribution in [-0.4, -0.2) is 33.9 Å².